The SMILES string of the molecule is O=C(c1cc(Cl)cc(Cl)c1)N(CCBr)CC(F)(F)F. The van der Waals surface area contributed by atoms with E-state index in [2.05, 4.69) is 15.9 Å². The molecule has 0 N–H and O–H groups in total. The topological polar surface area (TPSA) is 20.3 Å². The van der Waals surface area contributed by atoms with Gasteiger partial charge in [-0.1, -0.05) is 39.1 Å². The normalized spacial score (nSPS) is 11.5. The Hall–Kier alpha value is -0.460. The smallest absolute Gasteiger partial charge is 0.329 e. The summed E-state index contributed by atoms with van der Waals surface area (Å²) in [5.41, 5.74) is 0.0303. The van der Waals surface area contributed by atoms with Crippen molar-refractivity contribution < 1.29 is 18.0 Å². The van der Waals surface area contributed by atoms with Gasteiger partial charge in [-0.25, -0.2) is 0 Å². The van der Waals surface area contributed by atoms with E-state index in [0.29, 0.717) is 4.90 Å². The van der Waals surface area contributed by atoms with Crippen molar-refractivity contribution in [3.63, 3.8) is 0 Å². The van der Waals surface area contributed by atoms with Gasteiger partial charge in [0.25, 0.3) is 5.91 Å². The highest BCUT2D eigenvalue weighted by Gasteiger charge is 2.33. The van der Waals surface area contributed by atoms with Crippen molar-refractivity contribution in [2.45, 2.75) is 6.18 Å². The number of alkyl halides is 4. The predicted molar refractivity (Wildman–Crippen MR) is 72.2 cm³/mol. The van der Waals surface area contributed by atoms with E-state index in [1.165, 1.54) is 18.2 Å². The summed E-state index contributed by atoms with van der Waals surface area (Å²) in [5.74, 6) is -0.763. The second kappa shape index (κ2) is 6.81. The van der Waals surface area contributed by atoms with Crippen LogP contribution in [-0.4, -0.2) is 35.4 Å². The van der Waals surface area contributed by atoms with Gasteiger partial charge in [0, 0.05) is 27.5 Å². The van der Waals surface area contributed by atoms with Crippen LogP contribution in [0.2, 0.25) is 10.0 Å². The molecule has 8 heteroatoms. The van der Waals surface area contributed by atoms with Crippen molar-refractivity contribution >= 4 is 45.0 Å². The summed E-state index contributed by atoms with van der Waals surface area (Å²) in [7, 11) is 0. The summed E-state index contributed by atoms with van der Waals surface area (Å²) in [4.78, 5) is 12.7. The zero-order valence-electron chi connectivity index (χ0n) is 9.48. The average Bonchev–Trinajstić information content (AvgIpc) is 2.24. The lowest BCUT2D eigenvalue weighted by Gasteiger charge is -2.23. The van der Waals surface area contributed by atoms with Crippen molar-refractivity contribution in [1.82, 2.24) is 4.90 Å². The molecule has 1 aromatic rings. The van der Waals surface area contributed by atoms with Crippen molar-refractivity contribution in [3.8, 4) is 0 Å². The van der Waals surface area contributed by atoms with Crippen molar-refractivity contribution in [1.29, 1.82) is 0 Å². The molecule has 0 radical (unpaired) electrons. The number of rotatable bonds is 4. The van der Waals surface area contributed by atoms with E-state index < -0.39 is 18.6 Å². The largest absolute Gasteiger partial charge is 0.406 e. The lowest BCUT2D eigenvalue weighted by Crippen LogP contribution is -2.40. The first kappa shape index (κ1) is 16.6. The Balaban J connectivity index is 2.98. The molecular weight excluding hydrogens is 370 g/mol. The van der Waals surface area contributed by atoms with E-state index in [1.54, 1.807) is 0 Å². The molecule has 0 fully saturated rings. The van der Waals surface area contributed by atoms with Crippen molar-refractivity contribution in [3.05, 3.63) is 33.8 Å². The fraction of sp³-hybridized carbons (Fsp3) is 0.364. The second-order valence-corrected chi connectivity index (χ2v) is 5.35. The molecule has 0 saturated carbocycles. The third-order valence-corrected chi connectivity index (χ3v) is 2.91. The third kappa shape index (κ3) is 5.58. The molecule has 0 bridgehead atoms. The van der Waals surface area contributed by atoms with E-state index in [1.807, 2.05) is 0 Å². The summed E-state index contributed by atoms with van der Waals surface area (Å²) >= 11 is 14.5. The Kier molecular flexibility index (Phi) is 5.95. The first-order valence-electron chi connectivity index (χ1n) is 5.11. The summed E-state index contributed by atoms with van der Waals surface area (Å²) < 4.78 is 37.2. The van der Waals surface area contributed by atoms with E-state index in [9.17, 15) is 18.0 Å². The van der Waals surface area contributed by atoms with Gasteiger partial charge < -0.3 is 4.90 Å². The van der Waals surface area contributed by atoms with Crippen LogP contribution in [0.5, 0.6) is 0 Å². The highest BCUT2D eigenvalue weighted by molar-refractivity contribution is 9.09. The number of hydrogen-bond acceptors (Lipinski definition) is 1. The van der Waals surface area contributed by atoms with Gasteiger partial charge in [-0.15, -0.1) is 0 Å². The highest BCUT2D eigenvalue weighted by Crippen LogP contribution is 2.22. The molecule has 1 rings (SSSR count). The van der Waals surface area contributed by atoms with E-state index in [4.69, 9.17) is 23.2 Å². The van der Waals surface area contributed by atoms with Crippen LogP contribution in [0.1, 0.15) is 10.4 Å². The quantitative estimate of drug-likeness (QED) is 0.711. The van der Waals surface area contributed by atoms with Crippen molar-refractivity contribution in [2.24, 2.45) is 0 Å². The standard InChI is InChI=1S/C11H9BrCl2F3NO/c12-1-2-18(6-11(15,16)17)10(19)7-3-8(13)5-9(14)4-7/h3-5H,1-2,6H2. The molecule has 0 atom stereocenters. The number of hydrogen-bond donors (Lipinski definition) is 0. The van der Waals surface area contributed by atoms with Crippen LogP contribution in [-0.2, 0) is 0 Å². The molecule has 1 amide bonds. The molecular formula is C11H9BrCl2F3NO. The monoisotopic (exact) mass is 377 g/mol. The maximum absolute atomic E-state index is 12.4. The Bertz CT molecular complexity index is 447. The maximum atomic E-state index is 12.4. The van der Waals surface area contributed by atoms with Crippen LogP contribution in [0.25, 0.3) is 0 Å². The molecule has 106 valence electrons. The van der Waals surface area contributed by atoms with Gasteiger partial charge in [-0.05, 0) is 18.2 Å². The molecule has 0 spiro atoms. The number of carbonyl (C=O) groups is 1. The predicted octanol–water partition coefficient (Wildman–Crippen LogP) is 4.39. The van der Waals surface area contributed by atoms with Crippen LogP contribution >= 0.6 is 39.1 Å². The van der Waals surface area contributed by atoms with Crippen LogP contribution in [0, 0.1) is 0 Å². The number of nitrogens with zero attached hydrogens (tertiary/aromatic N) is 1. The van der Waals surface area contributed by atoms with Gasteiger partial charge in [-0.3, -0.25) is 4.79 Å². The first-order valence-corrected chi connectivity index (χ1v) is 6.99. The molecule has 0 saturated heterocycles. The molecule has 0 heterocycles. The van der Waals surface area contributed by atoms with E-state index in [0.717, 1.165) is 0 Å². The lowest BCUT2D eigenvalue weighted by molar-refractivity contribution is -0.140. The molecule has 0 aromatic heterocycles. The van der Waals surface area contributed by atoms with Crippen LogP contribution in [0.3, 0.4) is 0 Å². The molecule has 1 aromatic carbocycles. The van der Waals surface area contributed by atoms with E-state index >= 15 is 0 Å². The van der Waals surface area contributed by atoms with Gasteiger partial charge in [0.15, 0.2) is 0 Å². The minimum absolute atomic E-state index is 0.0303. The molecule has 0 aliphatic heterocycles. The molecule has 0 aliphatic carbocycles. The maximum Gasteiger partial charge on any atom is 0.406 e. The molecule has 19 heavy (non-hydrogen) atoms. The zero-order chi connectivity index (χ0) is 14.6. The van der Waals surface area contributed by atoms with Crippen LogP contribution in [0.4, 0.5) is 13.2 Å². The average molecular weight is 379 g/mol. The van der Waals surface area contributed by atoms with E-state index in [-0.39, 0.29) is 27.5 Å². The summed E-state index contributed by atoms with van der Waals surface area (Å²) in [6.45, 7) is -1.38. The zero-order valence-corrected chi connectivity index (χ0v) is 12.6. The highest BCUT2D eigenvalue weighted by atomic mass is 79.9. The minimum Gasteiger partial charge on any atom is -0.329 e. The van der Waals surface area contributed by atoms with Gasteiger partial charge in [0.05, 0.1) is 0 Å². The number of benzene rings is 1. The molecule has 0 unspecified atom stereocenters. The minimum atomic E-state index is -4.46. The summed E-state index contributed by atoms with van der Waals surface area (Å²) in [6.07, 6.45) is -4.46. The first-order chi connectivity index (χ1) is 8.73. The Labute approximate surface area is 126 Å². The molecule has 0 aliphatic rings. The number of halogens is 6. The Morgan fingerprint density at radius 3 is 2.16 bits per heavy atom. The van der Waals surface area contributed by atoms with Crippen molar-refractivity contribution in [2.75, 3.05) is 18.4 Å². The fourth-order valence-electron chi connectivity index (χ4n) is 1.43. The Morgan fingerprint density at radius 1 is 1.21 bits per heavy atom. The number of amides is 1. The lowest BCUT2D eigenvalue weighted by atomic mass is 10.2. The fourth-order valence-corrected chi connectivity index (χ4v) is 2.38. The summed E-state index contributed by atoms with van der Waals surface area (Å²) in [5, 5.41) is 0.631. The van der Waals surface area contributed by atoms with Gasteiger partial charge in [0.1, 0.15) is 6.54 Å². The summed E-state index contributed by atoms with van der Waals surface area (Å²) in [6, 6.07) is 3.97. The van der Waals surface area contributed by atoms with Gasteiger partial charge in [-0.2, -0.15) is 13.2 Å². The second-order valence-electron chi connectivity index (χ2n) is 3.69. The van der Waals surface area contributed by atoms with Crippen LogP contribution in [0.15, 0.2) is 18.2 Å². The third-order valence-electron chi connectivity index (χ3n) is 2.12. The number of carbonyl (C=O) groups excluding carboxylic acids is 1. The van der Waals surface area contributed by atoms with Gasteiger partial charge >= 0.3 is 6.18 Å². The Morgan fingerprint density at radius 2 is 1.74 bits per heavy atom. The molecule has 2 nitrogen and oxygen atoms in total. The van der Waals surface area contributed by atoms with Gasteiger partial charge in [0.2, 0.25) is 0 Å². The van der Waals surface area contributed by atoms with Crippen LogP contribution < -0.4 is 0 Å².